The molecule has 2 aromatic carbocycles. The van der Waals surface area contributed by atoms with Crippen molar-refractivity contribution in [3.8, 4) is 17.2 Å². The third-order valence-electron chi connectivity index (χ3n) is 6.91. The molecule has 176 valence electrons. The molecule has 1 aromatic heterocycles. The summed E-state index contributed by atoms with van der Waals surface area (Å²) < 4.78 is 8.04. The number of likely N-dealkylation sites (tertiary alicyclic amines) is 1. The Morgan fingerprint density at radius 1 is 1.12 bits per heavy atom. The summed E-state index contributed by atoms with van der Waals surface area (Å²) in [6, 6.07) is 9.13. The number of anilines is 1. The summed E-state index contributed by atoms with van der Waals surface area (Å²) in [5, 5.41) is 7.39. The van der Waals surface area contributed by atoms with Crippen LogP contribution < -0.4 is 20.8 Å². The Labute approximate surface area is 202 Å². The van der Waals surface area contributed by atoms with Crippen molar-refractivity contribution in [3.05, 3.63) is 57.3 Å². The molecule has 7 nitrogen and oxygen atoms in total. The minimum atomic E-state index is -0.359. The summed E-state index contributed by atoms with van der Waals surface area (Å²) in [7, 11) is 0. The predicted octanol–water partition coefficient (Wildman–Crippen LogP) is 4.40. The van der Waals surface area contributed by atoms with Crippen LogP contribution in [0.5, 0.6) is 11.5 Å². The molecule has 0 radical (unpaired) electrons. The van der Waals surface area contributed by atoms with E-state index in [1.54, 1.807) is 18.3 Å². The van der Waals surface area contributed by atoms with Crippen molar-refractivity contribution in [2.75, 3.05) is 38.0 Å². The topological polar surface area (TPSA) is 75.6 Å². The number of fused-ring (bicyclic) bond motifs is 2. The average Bonchev–Trinajstić information content (AvgIpc) is 3.52. The highest BCUT2D eigenvalue weighted by Crippen LogP contribution is 2.42. The zero-order valence-corrected chi connectivity index (χ0v) is 19.7. The number of carbonyl (C=O) groups excluding carboxylic acids is 1. The maximum Gasteiger partial charge on any atom is 0.256 e. The molecular formula is C26H27ClN4O3. The Kier molecular flexibility index (Phi) is 5.46. The summed E-state index contributed by atoms with van der Waals surface area (Å²) in [6.07, 6.45) is 6.48. The van der Waals surface area contributed by atoms with E-state index in [-0.39, 0.29) is 16.9 Å². The Hall–Kier alpha value is -3.03. The molecule has 6 rings (SSSR count). The lowest BCUT2D eigenvalue weighted by Gasteiger charge is -2.25. The first-order chi connectivity index (χ1) is 16.6. The Morgan fingerprint density at radius 2 is 1.94 bits per heavy atom. The number of nitrogens with zero attached hydrogens (tertiary/aromatic N) is 2. The molecule has 34 heavy (non-hydrogen) atoms. The molecule has 8 heteroatoms. The second kappa shape index (κ2) is 8.64. The van der Waals surface area contributed by atoms with E-state index in [0.29, 0.717) is 45.6 Å². The van der Waals surface area contributed by atoms with Crippen molar-refractivity contribution < 1.29 is 9.53 Å². The molecule has 1 amide bonds. The van der Waals surface area contributed by atoms with Gasteiger partial charge >= 0.3 is 0 Å². The van der Waals surface area contributed by atoms with Crippen molar-refractivity contribution in [3.63, 3.8) is 0 Å². The van der Waals surface area contributed by atoms with E-state index in [1.807, 2.05) is 22.8 Å². The zero-order valence-electron chi connectivity index (χ0n) is 18.9. The van der Waals surface area contributed by atoms with E-state index in [1.165, 1.54) is 25.7 Å². The fraction of sp³-hybridized carbons (Fsp3) is 0.385. The number of ether oxygens (including phenoxy) is 1. The van der Waals surface area contributed by atoms with Gasteiger partial charge in [0.25, 0.3) is 5.91 Å². The van der Waals surface area contributed by atoms with Crippen molar-refractivity contribution >= 4 is 34.1 Å². The van der Waals surface area contributed by atoms with Gasteiger partial charge in [-0.3, -0.25) is 9.59 Å². The summed E-state index contributed by atoms with van der Waals surface area (Å²) in [4.78, 5) is 29.0. The normalized spacial score (nSPS) is 16.9. The SMILES string of the molecule is O=C(NCCN1CCCC1)c1cn2c3c(cc(NCC4CC4)cc3c1=O)Oc1ccc(Cl)cc1-2. The van der Waals surface area contributed by atoms with Gasteiger partial charge in [0.05, 0.1) is 11.1 Å². The third kappa shape index (κ3) is 4.03. The van der Waals surface area contributed by atoms with E-state index < -0.39 is 0 Å². The third-order valence-corrected chi connectivity index (χ3v) is 7.15. The molecule has 0 bridgehead atoms. The number of hydrogen-bond donors (Lipinski definition) is 2. The minimum absolute atomic E-state index is 0.118. The quantitative estimate of drug-likeness (QED) is 0.412. The molecule has 2 fully saturated rings. The summed E-state index contributed by atoms with van der Waals surface area (Å²) in [5.41, 5.74) is 1.99. The lowest BCUT2D eigenvalue weighted by Crippen LogP contribution is -2.36. The zero-order chi connectivity index (χ0) is 23.2. The Morgan fingerprint density at radius 3 is 2.74 bits per heavy atom. The average molecular weight is 479 g/mol. The smallest absolute Gasteiger partial charge is 0.256 e. The van der Waals surface area contributed by atoms with Gasteiger partial charge in [-0.25, -0.2) is 0 Å². The van der Waals surface area contributed by atoms with Crippen LogP contribution in [0.15, 0.2) is 41.3 Å². The molecule has 0 unspecified atom stereocenters. The van der Waals surface area contributed by atoms with E-state index in [0.717, 1.165) is 31.9 Å². The molecule has 0 spiro atoms. The van der Waals surface area contributed by atoms with Crippen molar-refractivity contribution in [1.29, 1.82) is 0 Å². The Bertz CT molecular complexity index is 1340. The maximum atomic E-state index is 13.5. The van der Waals surface area contributed by atoms with Crippen LogP contribution in [0, 0.1) is 5.92 Å². The van der Waals surface area contributed by atoms with E-state index in [2.05, 4.69) is 15.5 Å². The molecule has 2 aliphatic heterocycles. The second-order valence-electron chi connectivity index (χ2n) is 9.46. The van der Waals surface area contributed by atoms with Gasteiger partial charge in [-0.2, -0.15) is 0 Å². The first-order valence-electron chi connectivity index (χ1n) is 12.0. The standard InChI is InChI=1S/C26H27ClN4O3/c27-17-5-6-22-21(11-17)31-15-20(26(33)28-7-10-30-8-1-2-9-30)25(32)19-12-18(29-14-16-3-4-16)13-23(34-22)24(19)31/h5-6,11-13,15-16,29H,1-4,7-10,14H2,(H,28,33). The van der Waals surface area contributed by atoms with Crippen LogP contribution in [0.2, 0.25) is 5.02 Å². The number of hydrogen-bond acceptors (Lipinski definition) is 5. The highest BCUT2D eigenvalue weighted by molar-refractivity contribution is 6.30. The Balaban J connectivity index is 1.41. The van der Waals surface area contributed by atoms with Crippen molar-refractivity contribution in [1.82, 2.24) is 14.8 Å². The van der Waals surface area contributed by atoms with Crippen LogP contribution in [0.1, 0.15) is 36.0 Å². The van der Waals surface area contributed by atoms with E-state index in [9.17, 15) is 9.59 Å². The number of benzene rings is 2. The molecular weight excluding hydrogens is 452 g/mol. The number of pyridine rings is 1. The van der Waals surface area contributed by atoms with Crippen LogP contribution in [-0.2, 0) is 0 Å². The van der Waals surface area contributed by atoms with Gasteiger partial charge in [0.15, 0.2) is 11.5 Å². The second-order valence-corrected chi connectivity index (χ2v) is 9.89. The van der Waals surface area contributed by atoms with Crippen LogP contribution in [0.25, 0.3) is 16.6 Å². The monoisotopic (exact) mass is 478 g/mol. The van der Waals surface area contributed by atoms with Crippen LogP contribution in [0.3, 0.4) is 0 Å². The number of carbonyl (C=O) groups is 1. The minimum Gasteiger partial charge on any atom is -0.453 e. The molecule has 1 saturated carbocycles. The number of rotatable bonds is 7. The predicted molar refractivity (Wildman–Crippen MR) is 134 cm³/mol. The maximum absolute atomic E-state index is 13.5. The molecule has 0 atom stereocenters. The highest BCUT2D eigenvalue weighted by atomic mass is 35.5. The van der Waals surface area contributed by atoms with Gasteiger partial charge in [-0.1, -0.05) is 11.6 Å². The lowest BCUT2D eigenvalue weighted by atomic mass is 10.1. The largest absolute Gasteiger partial charge is 0.453 e. The fourth-order valence-electron chi connectivity index (χ4n) is 4.86. The van der Waals surface area contributed by atoms with Crippen LogP contribution in [-0.4, -0.2) is 48.1 Å². The van der Waals surface area contributed by atoms with Gasteiger partial charge in [0.2, 0.25) is 5.43 Å². The van der Waals surface area contributed by atoms with Gasteiger partial charge in [0, 0.05) is 42.6 Å². The first-order valence-corrected chi connectivity index (χ1v) is 12.4. The fourth-order valence-corrected chi connectivity index (χ4v) is 5.02. The van der Waals surface area contributed by atoms with Crippen molar-refractivity contribution in [2.24, 2.45) is 5.92 Å². The van der Waals surface area contributed by atoms with E-state index >= 15 is 0 Å². The highest BCUT2D eigenvalue weighted by Gasteiger charge is 2.26. The van der Waals surface area contributed by atoms with Crippen molar-refractivity contribution in [2.45, 2.75) is 25.7 Å². The van der Waals surface area contributed by atoms with Gasteiger partial charge in [0.1, 0.15) is 11.1 Å². The molecule has 1 saturated heterocycles. The van der Waals surface area contributed by atoms with Gasteiger partial charge < -0.3 is 24.8 Å². The van der Waals surface area contributed by atoms with Gasteiger partial charge in [-0.15, -0.1) is 0 Å². The number of aromatic nitrogens is 1. The number of nitrogens with one attached hydrogen (secondary N) is 2. The first kappa shape index (κ1) is 21.5. The van der Waals surface area contributed by atoms with Crippen LogP contribution >= 0.6 is 11.6 Å². The molecule has 3 aliphatic rings. The van der Waals surface area contributed by atoms with Crippen LogP contribution in [0.4, 0.5) is 5.69 Å². The van der Waals surface area contributed by atoms with Gasteiger partial charge in [-0.05, 0) is 69.0 Å². The number of halogens is 1. The molecule has 2 N–H and O–H groups in total. The summed E-state index contributed by atoms with van der Waals surface area (Å²) in [5.74, 6) is 1.54. The van der Waals surface area contributed by atoms with E-state index in [4.69, 9.17) is 16.3 Å². The molecule has 3 aromatic rings. The summed E-state index contributed by atoms with van der Waals surface area (Å²) >= 11 is 6.28. The molecule has 3 heterocycles. The lowest BCUT2D eigenvalue weighted by molar-refractivity contribution is 0.0948. The summed E-state index contributed by atoms with van der Waals surface area (Å²) in [6.45, 7) is 4.29. The molecule has 1 aliphatic carbocycles. The number of amides is 1.